The highest BCUT2D eigenvalue weighted by molar-refractivity contribution is 7.92. The fourth-order valence-electron chi connectivity index (χ4n) is 2.95. The van der Waals surface area contributed by atoms with Crippen LogP contribution >= 0.6 is 11.3 Å². The fraction of sp³-hybridized carbons (Fsp3) is 0.294. The van der Waals surface area contributed by atoms with Crippen molar-refractivity contribution in [3.63, 3.8) is 0 Å². The number of aryl methyl sites for hydroxylation is 1. The topological polar surface area (TPSA) is 123 Å². The van der Waals surface area contributed by atoms with Crippen molar-refractivity contribution < 1.29 is 13.3 Å². The van der Waals surface area contributed by atoms with Crippen molar-refractivity contribution in [1.29, 1.82) is 0 Å². The van der Waals surface area contributed by atoms with Crippen molar-refractivity contribution >= 4 is 32.9 Å². The summed E-state index contributed by atoms with van der Waals surface area (Å²) in [6, 6.07) is 3.77. The third kappa shape index (κ3) is 3.68. The molecule has 0 bridgehead atoms. The van der Waals surface area contributed by atoms with Gasteiger partial charge in [0.2, 0.25) is 10.0 Å². The zero-order valence-electron chi connectivity index (χ0n) is 15.9. The van der Waals surface area contributed by atoms with Gasteiger partial charge in [0.1, 0.15) is 23.5 Å². The van der Waals surface area contributed by atoms with E-state index < -0.39 is 10.0 Å². The lowest BCUT2D eigenvalue weighted by Gasteiger charge is -2.27. The minimum atomic E-state index is -3.52. The molecule has 0 spiro atoms. The summed E-state index contributed by atoms with van der Waals surface area (Å²) in [7, 11) is -2.09. The van der Waals surface area contributed by atoms with Gasteiger partial charge in [-0.05, 0) is 19.1 Å². The van der Waals surface area contributed by atoms with Crippen LogP contribution in [0.4, 0.5) is 5.82 Å². The molecule has 12 heteroatoms. The highest BCUT2D eigenvalue weighted by Crippen LogP contribution is 2.34. The summed E-state index contributed by atoms with van der Waals surface area (Å²) < 4.78 is 25.4. The van der Waals surface area contributed by atoms with Crippen LogP contribution in [0, 0.1) is 6.92 Å². The summed E-state index contributed by atoms with van der Waals surface area (Å²) in [6.07, 6.45) is 4.92. The maximum absolute atomic E-state index is 12.1. The Morgan fingerprint density at radius 2 is 2.10 bits per heavy atom. The average Bonchev–Trinajstić information content (AvgIpc) is 3.09. The number of anilines is 1. The lowest BCUT2D eigenvalue weighted by molar-refractivity contribution is 0.212. The molecule has 1 aliphatic rings. The van der Waals surface area contributed by atoms with Crippen LogP contribution in [0.5, 0.6) is 0 Å². The zero-order chi connectivity index (χ0) is 20.6. The van der Waals surface area contributed by atoms with Crippen LogP contribution in [-0.2, 0) is 14.9 Å². The third-order valence-corrected chi connectivity index (χ3v) is 6.60. The highest BCUT2D eigenvalue weighted by atomic mass is 32.2. The van der Waals surface area contributed by atoms with Gasteiger partial charge in [0.25, 0.3) is 0 Å². The van der Waals surface area contributed by atoms with Crippen LogP contribution in [0.15, 0.2) is 29.7 Å². The first-order valence-electron chi connectivity index (χ1n) is 8.59. The average molecular weight is 432 g/mol. The van der Waals surface area contributed by atoms with Crippen molar-refractivity contribution in [2.75, 3.05) is 24.2 Å². The Hall–Kier alpha value is -2.99. The Labute approximate surface area is 171 Å². The van der Waals surface area contributed by atoms with Crippen LogP contribution in [0.25, 0.3) is 21.3 Å². The second kappa shape index (κ2) is 7.44. The van der Waals surface area contributed by atoms with E-state index in [1.165, 1.54) is 22.8 Å². The number of sulfonamides is 1. The molecule has 0 aromatic carbocycles. The van der Waals surface area contributed by atoms with E-state index in [-0.39, 0.29) is 12.4 Å². The minimum absolute atomic E-state index is 0.146. The predicted octanol–water partition coefficient (Wildman–Crippen LogP) is 1.89. The molecule has 4 heterocycles. The van der Waals surface area contributed by atoms with Gasteiger partial charge in [0.05, 0.1) is 16.8 Å². The molecule has 0 unspecified atom stereocenters. The molecule has 3 aromatic heterocycles. The Morgan fingerprint density at radius 1 is 1.28 bits per heavy atom. The normalized spacial score (nSPS) is 15.4. The molecular weight excluding hydrogens is 414 g/mol. The van der Waals surface area contributed by atoms with Crippen molar-refractivity contribution in [3.05, 3.63) is 35.9 Å². The number of thiazole rings is 1. The van der Waals surface area contributed by atoms with Gasteiger partial charge in [-0.25, -0.2) is 18.4 Å². The Balaban J connectivity index is 1.83. The van der Waals surface area contributed by atoms with Crippen molar-refractivity contribution in [2.24, 2.45) is 5.16 Å². The number of hydrogen-bond acceptors (Lipinski definition) is 10. The maximum atomic E-state index is 12.1. The second-order valence-corrected chi connectivity index (χ2v) is 9.19. The van der Waals surface area contributed by atoms with E-state index in [2.05, 4.69) is 30.3 Å². The summed E-state index contributed by atoms with van der Waals surface area (Å²) >= 11 is 1.42. The maximum Gasteiger partial charge on any atom is 0.233 e. The van der Waals surface area contributed by atoms with Crippen LogP contribution in [0.3, 0.4) is 0 Å². The Morgan fingerprint density at radius 3 is 2.79 bits per heavy atom. The summed E-state index contributed by atoms with van der Waals surface area (Å²) in [4.78, 5) is 18.9. The van der Waals surface area contributed by atoms with E-state index in [0.717, 1.165) is 27.4 Å². The highest BCUT2D eigenvalue weighted by Gasteiger charge is 2.32. The Kier molecular flexibility index (Phi) is 4.96. The van der Waals surface area contributed by atoms with Gasteiger partial charge in [-0.3, -0.25) is 9.29 Å². The van der Waals surface area contributed by atoms with Gasteiger partial charge in [-0.2, -0.15) is 0 Å². The van der Waals surface area contributed by atoms with Gasteiger partial charge in [0.15, 0.2) is 11.6 Å². The molecule has 4 rings (SSSR count). The van der Waals surface area contributed by atoms with Crippen molar-refractivity contribution in [3.8, 4) is 21.3 Å². The quantitative estimate of drug-likeness (QED) is 0.574. The van der Waals surface area contributed by atoms with E-state index in [9.17, 15) is 8.42 Å². The summed E-state index contributed by atoms with van der Waals surface area (Å²) in [5, 5.41) is 13.1. The monoisotopic (exact) mass is 431 g/mol. The summed E-state index contributed by atoms with van der Waals surface area (Å²) in [5.74, 6) is 0.501. The first-order valence-corrected chi connectivity index (χ1v) is 11.3. The SMILES string of the molecule is CON=C1CCN(S(C)(=O)=O)c2nnc(-c3sc(-c4cccnc4)nc3C)nc21. The lowest BCUT2D eigenvalue weighted by Crippen LogP contribution is -2.38. The number of oxime groups is 1. The molecule has 0 saturated carbocycles. The van der Waals surface area contributed by atoms with Crippen LogP contribution in [0.1, 0.15) is 17.8 Å². The number of aromatic nitrogens is 5. The number of rotatable bonds is 4. The molecule has 1 aliphatic heterocycles. The van der Waals surface area contributed by atoms with E-state index in [0.29, 0.717) is 23.7 Å². The minimum Gasteiger partial charge on any atom is -0.399 e. The standard InChI is InChI=1S/C17H17N7O3S2/c1-10-14(28-17(19-10)11-5-4-7-18-9-11)15-20-13-12(23-27-2)6-8-24(29(3,25)26)16(13)22-21-15/h4-5,7,9H,6,8H2,1-3H3. The molecule has 0 aliphatic carbocycles. The molecular formula is C17H17N7O3S2. The molecule has 0 fully saturated rings. The van der Waals surface area contributed by atoms with Gasteiger partial charge >= 0.3 is 0 Å². The van der Waals surface area contributed by atoms with Crippen LogP contribution in [0.2, 0.25) is 0 Å². The summed E-state index contributed by atoms with van der Waals surface area (Å²) in [5.41, 5.74) is 2.50. The van der Waals surface area contributed by atoms with Gasteiger partial charge < -0.3 is 4.84 Å². The largest absolute Gasteiger partial charge is 0.399 e. The van der Waals surface area contributed by atoms with E-state index >= 15 is 0 Å². The number of nitrogens with zero attached hydrogens (tertiary/aromatic N) is 7. The zero-order valence-corrected chi connectivity index (χ0v) is 17.5. The molecule has 3 aromatic rings. The second-order valence-electron chi connectivity index (χ2n) is 6.29. The van der Waals surface area contributed by atoms with Crippen molar-refractivity contribution in [1.82, 2.24) is 25.1 Å². The molecule has 0 N–H and O–H groups in total. The first-order chi connectivity index (χ1) is 13.9. The number of hydrogen-bond donors (Lipinski definition) is 0. The van der Waals surface area contributed by atoms with E-state index in [1.807, 2.05) is 19.1 Å². The lowest BCUT2D eigenvalue weighted by atomic mass is 10.1. The van der Waals surface area contributed by atoms with Gasteiger partial charge in [-0.1, -0.05) is 5.16 Å². The molecule has 0 saturated heterocycles. The van der Waals surface area contributed by atoms with Gasteiger partial charge in [-0.15, -0.1) is 21.5 Å². The number of fused-ring (bicyclic) bond motifs is 1. The summed E-state index contributed by atoms with van der Waals surface area (Å²) in [6.45, 7) is 2.07. The third-order valence-electron chi connectivity index (χ3n) is 4.24. The van der Waals surface area contributed by atoms with Crippen LogP contribution < -0.4 is 4.31 Å². The van der Waals surface area contributed by atoms with E-state index in [1.54, 1.807) is 12.4 Å². The smallest absolute Gasteiger partial charge is 0.233 e. The fourth-order valence-corrected chi connectivity index (χ4v) is 4.79. The van der Waals surface area contributed by atoms with E-state index in [4.69, 9.17) is 4.84 Å². The van der Waals surface area contributed by atoms with Gasteiger partial charge in [0, 0.05) is 30.9 Å². The predicted molar refractivity (Wildman–Crippen MR) is 109 cm³/mol. The molecule has 0 radical (unpaired) electrons. The molecule has 0 atom stereocenters. The number of pyridine rings is 1. The molecule has 29 heavy (non-hydrogen) atoms. The Bertz CT molecular complexity index is 1190. The molecule has 0 amide bonds. The van der Waals surface area contributed by atoms with Crippen molar-refractivity contribution in [2.45, 2.75) is 13.3 Å². The molecule has 150 valence electrons. The van der Waals surface area contributed by atoms with Crippen LogP contribution in [-0.4, -0.2) is 59.2 Å². The molecule has 10 nitrogen and oxygen atoms in total. The first kappa shape index (κ1) is 19.3.